The largest absolute Gasteiger partial charge is 0.496 e. The topological polar surface area (TPSA) is 42.6 Å². The molecule has 1 unspecified atom stereocenters. The Morgan fingerprint density at radius 2 is 1.95 bits per heavy atom. The van der Waals surface area contributed by atoms with Crippen LogP contribution in [0, 0.1) is 0 Å². The van der Waals surface area contributed by atoms with Crippen molar-refractivity contribution in [2.45, 2.75) is 6.10 Å². The van der Waals surface area contributed by atoms with E-state index in [1.165, 1.54) is 0 Å². The molecule has 1 aromatic heterocycles. The summed E-state index contributed by atoms with van der Waals surface area (Å²) in [5, 5.41) is 12.6. The summed E-state index contributed by atoms with van der Waals surface area (Å²) in [5.41, 5.74) is 1.48. The third kappa shape index (κ3) is 1.98. The molecule has 0 saturated carbocycles. The van der Waals surface area contributed by atoms with Crippen molar-refractivity contribution in [1.82, 2.24) is 0 Å². The number of rotatable bonds is 3. The van der Waals surface area contributed by atoms with Crippen molar-refractivity contribution in [2.75, 3.05) is 7.11 Å². The van der Waals surface area contributed by atoms with Crippen LogP contribution in [0.5, 0.6) is 5.75 Å². The molecule has 0 spiro atoms. The number of hydrogen-bond donors (Lipinski definition) is 1. The molecule has 1 atom stereocenters. The zero-order valence-corrected chi connectivity index (χ0v) is 10.5. The molecule has 1 N–H and O–H groups in total. The Hall–Kier alpha value is -2.26. The number of methoxy groups -OCH3 is 1. The first-order chi connectivity index (χ1) is 9.31. The van der Waals surface area contributed by atoms with Crippen LogP contribution in [0.3, 0.4) is 0 Å². The molecule has 19 heavy (non-hydrogen) atoms. The highest BCUT2D eigenvalue weighted by Gasteiger charge is 2.19. The number of benzene rings is 2. The van der Waals surface area contributed by atoms with Gasteiger partial charge in [0.25, 0.3) is 0 Å². The first kappa shape index (κ1) is 11.8. The predicted molar refractivity (Wildman–Crippen MR) is 73.3 cm³/mol. The van der Waals surface area contributed by atoms with Gasteiger partial charge in [0.2, 0.25) is 0 Å². The van der Waals surface area contributed by atoms with E-state index in [-0.39, 0.29) is 0 Å². The summed E-state index contributed by atoms with van der Waals surface area (Å²) in [6.07, 6.45) is 2.34. The summed E-state index contributed by atoms with van der Waals surface area (Å²) < 4.78 is 10.4. The average molecular weight is 254 g/mol. The van der Waals surface area contributed by atoms with Gasteiger partial charge in [0.05, 0.1) is 19.6 Å². The fraction of sp³-hybridized carbons (Fsp3) is 0.125. The predicted octanol–water partition coefficient (Wildman–Crippen LogP) is 3.52. The molecule has 3 aromatic rings. The minimum absolute atomic E-state index is 0.674. The zero-order chi connectivity index (χ0) is 13.2. The van der Waals surface area contributed by atoms with Crippen molar-refractivity contribution in [3.8, 4) is 5.75 Å². The monoisotopic (exact) mass is 254 g/mol. The van der Waals surface area contributed by atoms with Crippen molar-refractivity contribution >= 4 is 10.8 Å². The highest BCUT2D eigenvalue weighted by Crippen LogP contribution is 2.36. The van der Waals surface area contributed by atoms with Gasteiger partial charge >= 0.3 is 0 Å². The normalized spacial score (nSPS) is 12.5. The van der Waals surface area contributed by atoms with E-state index in [2.05, 4.69) is 0 Å². The maximum Gasteiger partial charge on any atom is 0.125 e. The highest BCUT2D eigenvalue weighted by atomic mass is 16.5. The summed E-state index contributed by atoms with van der Waals surface area (Å²) in [6, 6.07) is 13.5. The maximum absolute atomic E-state index is 10.6. The molecule has 0 aliphatic carbocycles. The summed E-state index contributed by atoms with van der Waals surface area (Å²) in [5.74, 6) is 0.674. The highest BCUT2D eigenvalue weighted by molar-refractivity contribution is 5.88. The van der Waals surface area contributed by atoms with Crippen molar-refractivity contribution in [1.29, 1.82) is 0 Å². The van der Waals surface area contributed by atoms with Gasteiger partial charge in [0, 0.05) is 11.1 Å². The Bertz CT molecular complexity index is 686. The van der Waals surface area contributed by atoms with Crippen LogP contribution in [0.15, 0.2) is 59.4 Å². The Labute approximate surface area is 111 Å². The molecule has 3 nitrogen and oxygen atoms in total. The number of aliphatic hydroxyl groups is 1. The molecule has 3 rings (SSSR count). The van der Waals surface area contributed by atoms with E-state index in [4.69, 9.17) is 9.15 Å². The lowest BCUT2D eigenvalue weighted by atomic mass is 9.96. The summed E-state index contributed by atoms with van der Waals surface area (Å²) in [6.45, 7) is 0. The van der Waals surface area contributed by atoms with Gasteiger partial charge in [-0.15, -0.1) is 0 Å². The second-order valence-electron chi connectivity index (χ2n) is 4.36. The fourth-order valence-electron chi connectivity index (χ4n) is 2.33. The minimum atomic E-state index is -0.764. The fourth-order valence-corrected chi connectivity index (χ4v) is 2.33. The Kier molecular flexibility index (Phi) is 2.97. The van der Waals surface area contributed by atoms with Gasteiger partial charge < -0.3 is 14.3 Å². The summed E-state index contributed by atoms with van der Waals surface area (Å²) in [4.78, 5) is 0. The van der Waals surface area contributed by atoms with Crippen LogP contribution in [-0.2, 0) is 0 Å². The van der Waals surface area contributed by atoms with E-state index in [9.17, 15) is 5.11 Å². The third-order valence-corrected chi connectivity index (χ3v) is 3.28. The van der Waals surface area contributed by atoms with Crippen LogP contribution in [0.25, 0.3) is 10.8 Å². The van der Waals surface area contributed by atoms with Crippen LogP contribution in [0.4, 0.5) is 0 Å². The smallest absolute Gasteiger partial charge is 0.125 e. The van der Waals surface area contributed by atoms with Crippen molar-refractivity contribution < 1.29 is 14.3 Å². The van der Waals surface area contributed by atoms with Crippen LogP contribution in [0.2, 0.25) is 0 Å². The van der Waals surface area contributed by atoms with Crippen LogP contribution in [-0.4, -0.2) is 12.2 Å². The van der Waals surface area contributed by atoms with Gasteiger partial charge in [0.15, 0.2) is 0 Å². The first-order valence-electron chi connectivity index (χ1n) is 6.07. The lowest BCUT2D eigenvalue weighted by Gasteiger charge is -2.16. The van der Waals surface area contributed by atoms with E-state index < -0.39 is 6.10 Å². The van der Waals surface area contributed by atoms with Crippen molar-refractivity contribution in [2.24, 2.45) is 0 Å². The SMILES string of the molecule is COc1ccc2ccccc2c1C(O)c1ccoc1. The van der Waals surface area contributed by atoms with Crippen molar-refractivity contribution in [3.05, 3.63) is 66.1 Å². The number of fused-ring (bicyclic) bond motifs is 1. The molecular weight excluding hydrogens is 240 g/mol. The average Bonchev–Trinajstić information content (AvgIpc) is 2.99. The Morgan fingerprint density at radius 1 is 1.11 bits per heavy atom. The molecule has 1 heterocycles. The van der Waals surface area contributed by atoms with Gasteiger partial charge in [-0.3, -0.25) is 0 Å². The maximum atomic E-state index is 10.6. The Morgan fingerprint density at radius 3 is 2.68 bits per heavy atom. The molecule has 0 aliphatic heterocycles. The number of ether oxygens (including phenoxy) is 1. The van der Waals surface area contributed by atoms with Gasteiger partial charge in [-0.05, 0) is 22.9 Å². The van der Waals surface area contributed by atoms with E-state index in [0.717, 1.165) is 21.9 Å². The molecule has 0 fully saturated rings. The third-order valence-electron chi connectivity index (χ3n) is 3.28. The number of furan rings is 1. The molecule has 0 bridgehead atoms. The quantitative estimate of drug-likeness (QED) is 0.777. The minimum Gasteiger partial charge on any atom is -0.496 e. The van der Waals surface area contributed by atoms with Gasteiger partial charge in [0.1, 0.15) is 11.9 Å². The number of hydrogen-bond acceptors (Lipinski definition) is 3. The van der Waals surface area contributed by atoms with Gasteiger partial charge in [-0.1, -0.05) is 30.3 Å². The second kappa shape index (κ2) is 4.78. The number of aliphatic hydroxyl groups excluding tert-OH is 1. The molecule has 0 aliphatic rings. The van der Waals surface area contributed by atoms with Gasteiger partial charge in [-0.2, -0.15) is 0 Å². The molecule has 2 aromatic carbocycles. The molecule has 3 heteroatoms. The van der Waals surface area contributed by atoms with Crippen LogP contribution >= 0.6 is 0 Å². The van der Waals surface area contributed by atoms with Crippen LogP contribution in [0.1, 0.15) is 17.2 Å². The zero-order valence-electron chi connectivity index (χ0n) is 10.5. The first-order valence-corrected chi connectivity index (χ1v) is 6.07. The van der Waals surface area contributed by atoms with E-state index in [1.807, 2.05) is 36.4 Å². The van der Waals surface area contributed by atoms with Crippen molar-refractivity contribution in [3.63, 3.8) is 0 Å². The molecular formula is C16H14O3. The van der Waals surface area contributed by atoms with E-state index in [0.29, 0.717) is 5.75 Å². The lowest BCUT2D eigenvalue weighted by Crippen LogP contribution is -2.02. The molecule has 96 valence electrons. The summed E-state index contributed by atoms with van der Waals surface area (Å²) >= 11 is 0. The molecule has 0 amide bonds. The van der Waals surface area contributed by atoms with E-state index >= 15 is 0 Å². The summed E-state index contributed by atoms with van der Waals surface area (Å²) in [7, 11) is 1.61. The van der Waals surface area contributed by atoms with E-state index in [1.54, 1.807) is 25.7 Å². The Balaban J connectivity index is 2.25. The molecule has 0 radical (unpaired) electrons. The second-order valence-corrected chi connectivity index (χ2v) is 4.36. The van der Waals surface area contributed by atoms with Crippen LogP contribution < -0.4 is 4.74 Å². The lowest BCUT2D eigenvalue weighted by molar-refractivity contribution is 0.215. The molecule has 0 saturated heterocycles. The standard InChI is InChI=1S/C16H14O3/c1-18-14-7-6-11-4-2-3-5-13(11)15(14)16(17)12-8-9-19-10-12/h2-10,16-17H,1H3. The van der Waals surface area contributed by atoms with Gasteiger partial charge in [-0.25, -0.2) is 0 Å².